The molecule has 0 aliphatic carbocycles. The van der Waals surface area contributed by atoms with Crippen LogP contribution in [0.15, 0.2) is 47.1 Å². The molecule has 19 heavy (non-hydrogen) atoms. The van der Waals surface area contributed by atoms with E-state index in [1.165, 1.54) is 6.07 Å². The van der Waals surface area contributed by atoms with Crippen molar-refractivity contribution in [2.45, 2.75) is 25.4 Å². The van der Waals surface area contributed by atoms with Gasteiger partial charge in [-0.1, -0.05) is 25.1 Å². The second kappa shape index (κ2) is 5.80. The van der Waals surface area contributed by atoms with E-state index in [1.54, 1.807) is 24.4 Å². The largest absolute Gasteiger partial charge is 0.385 e. The van der Waals surface area contributed by atoms with Crippen LogP contribution in [0.4, 0.5) is 4.39 Å². The molecule has 1 unspecified atom stereocenters. The van der Waals surface area contributed by atoms with Crippen molar-refractivity contribution in [1.82, 2.24) is 4.98 Å². The molecule has 1 heterocycles. The van der Waals surface area contributed by atoms with E-state index in [-0.39, 0.29) is 12.2 Å². The quantitative estimate of drug-likeness (QED) is 0.927. The van der Waals surface area contributed by atoms with Gasteiger partial charge in [-0.05, 0) is 40.5 Å². The summed E-state index contributed by atoms with van der Waals surface area (Å²) in [5.74, 6) is -0.385. The summed E-state index contributed by atoms with van der Waals surface area (Å²) in [6, 6.07) is 10.0. The van der Waals surface area contributed by atoms with Gasteiger partial charge in [0, 0.05) is 28.3 Å². The maximum Gasteiger partial charge on any atom is 0.129 e. The van der Waals surface area contributed by atoms with Crippen LogP contribution in [0.3, 0.4) is 0 Å². The van der Waals surface area contributed by atoms with Crippen LogP contribution < -0.4 is 0 Å². The first-order chi connectivity index (χ1) is 9.05. The van der Waals surface area contributed by atoms with E-state index in [0.29, 0.717) is 12.0 Å². The van der Waals surface area contributed by atoms with Gasteiger partial charge in [0.1, 0.15) is 5.82 Å². The smallest absolute Gasteiger partial charge is 0.129 e. The number of pyridine rings is 1. The van der Waals surface area contributed by atoms with Gasteiger partial charge in [-0.3, -0.25) is 4.98 Å². The molecular formula is C15H15BrFNO. The maximum atomic E-state index is 13.9. The highest BCUT2D eigenvalue weighted by Crippen LogP contribution is 2.30. The molecule has 1 atom stereocenters. The monoisotopic (exact) mass is 323 g/mol. The van der Waals surface area contributed by atoms with E-state index in [0.717, 1.165) is 10.2 Å². The molecule has 1 aromatic heterocycles. The Kier molecular flexibility index (Phi) is 4.32. The second-order valence-corrected chi connectivity index (χ2v) is 5.43. The second-order valence-electron chi connectivity index (χ2n) is 4.51. The lowest BCUT2D eigenvalue weighted by Gasteiger charge is -2.27. The fourth-order valence-corrected chi connectivity index (χ4v) is 2.29. The van der Waals surface area contributed by atoms with Crippen LogP contribution in [0.25, 0.3) is 0 Å². The highest BCUT2D eigenvalue weighted by Gasteiger charge is 2.30. The third-order valence-electron chi connectivity index (χ3n) is 3.22. The highest BCUT2D eigenvalue weighted by atomic mass is 79.9. The number of halogens is 2. The van der Waals surface area contributed by atoms with E-state index in [2.05, 4.69) is 20.9 Å². The summed E-state index contributed by atoms with van der Waals surface area (Å²) in [5.41, 5.74) is -0.176. The van der Waals surface area contributed by atoms with Gasteiger partial charge in [-0.2, -0.15) is 0 Å². The molecule has 0 aliphatic rings. The first-order valence-electron chi connectivity index (χ1n) is 6.13. The van der Waals surface area contributed by atoms with Crippen molar-refractivity contribution >= 4 is 15.9 Å². The zero-order valence-corrected chi connectivity index (χ0v) is 12.2. The summed E-state index contributed by atoms with van der Waals surface area (Å²) >= 11 is 3.31. The lowest BCUT2D eigenvalue weighted by molar-refractivity contribution is 0.0282. The van der Waals surface area contributed by atoms with Gasteiger partial charge in [0.15, 0.2) is 0 Å². The van der Waals surface area contributed by atoms with Crippen LogP contribution in [0.1, 0.15) is 24.6 Å². The average Bonchev–Trinajstić information content (AvgIpc) is 2.42. The van der Waals surface area contributed by atoms with Gasteiger partial charge in [-0.15, -0.1) is 0 Å². The minimum Gasteiger partial charge on any atom is -0.385 e. The van der Waals surface area contributed by atoms with Crippen LogP contribution in [0.2, 0.25) is 0 Å². The number of aromatic nitrogens is 1. The van der Waals surface area contributed by atoms with E-state index < -0.39 is 5.60 Å². The standard InChI is InChI=1S/C15H15BrFNO/c1-2-15(19,13-5-3-4-6-14(13)17)9-12-8-7-11(16)10-18-12/h3-8,10,19H,2,9H2,1H3. The Morgan fingerprint density at radius 1 is 1.26 bits per heavy atom. The van der Waals surface area contributed by atoms with Crippen molar-refractivity contribution in [1.29, 1.82) is 0 Å². The SMILES string of the molecule is CCC(O)(Cc1ccc(Br)cn1)c1ccccc1F. The number of benzene rings is 1. The van der Waals surface area contributed by atoms with Gasteiger partial charge < -0.3 is 5.11 Å². The first-order valence-corrected chi connectivity index (χ1v) is 6.92. The Labute approximate surface area is 120 Å². The molecule has 0 fully saturated rings. The van der Waals surface area contributed by atoms with Crippen molar-refractivity contribution < 1.29 is 9.50 Å². The number of nitrogens with zero attached hydrogens (tertiary/aromatic N) is 1. The lowest BCUT2D eigenvalue weighted by atomic mass is 9.86. The van der Waals surface area contributed by atoms with Crippen LogP contribution in [0, 0.1) is 5.82 Å². The van der Waals surface area contributed by atoms with Crippen LogP contribution >= 0.6 is 15.9 Å². The first kappa shape index (κ1) is 14.2. The van der Waals surface area contributed by atoms with Crippen LogP contribution in [0.5, 0.6) is 0 Å². The summed E-state index contributed by atoms with van der Waals surface area (Å²) in [4.78, 5) is 4.24. The molecule has 0 amide bonds. The van der Waals surface area contributed by atoms with Crippen LogP contribution in [-0.2, 0) is 12.0 Å². The third-order valence-corrected chi connectivity index (χ3v) is 3.69. The highest BCUT2D eigenvalue weighted by molar-refractivity contribution is 9.10. The number of hydrogen-bond donors (Lipinski definition) is 1. The summed E-state index contributed by atoms with van der Waals surface area (Å²) in [6.45, 7) is 1.84. The molecule has 0 spiro atoms. The molecule has 1 aromatic carbocycles. The molecule has 0 radical (unpaired) electrons. The van der Waals surface area contributed by atoms with Crippen molar-refractivity contribution in [3.8, 4) is 0 Å². The van der Waals surface area contributed by atoms with Crippen molar-refractivity contribution in [2.24, 2.45) is 0 Å². The molecule has 2 rings (SSSR count). The Balaban J connectivity index is 2.33. The number of rotatable bonds is 4. The van der Waals surface area contributed by atoms with Gasteiger partial charge in [0.05, 0.1) is 5.60 Å². The Bertz CT molecular complexity index is 558. The summed E-state index contributed by atoms with van der Waals surface area (Å²) in [7, 11) is 0. The molecule has 2 nitrogen and oxygen atoms in total. The molecule has 0 bridgehead atoms. The Morgan fingerprint density at radius 3 is 2.58 bits per heavy atom. The number of hydrogen-bond acceptors (Lipinski definition) is 2. The summed E-state index contributed by atoms with van der Waals surface area (Å²) in [5, 5.41) is 10.7. The molecule has 0 aliphatic heterocycles. The maximum absolute atomic E-state index is 13.9. The van der Waals surface area contributed by atoms with E-state index in [9.17, 15) is 9.50 Å². The normalized spacial score (nSPS) is 14.1. The predicted molar refractivity (Wildman–Crippen MR) is 76.2 cm³/mol. The molecule has 2 aromatic rings. The Morgan fingerprint density at radius 2 is 2.00 bits per heavy atom. The molecule has 0 saturated heterocycles. The molecule has 4 heteroatoms. The molecular weight excluding hydrogens is 309 g/mol. The Hall–Kier alpha value is -1.26. The summed E-state index contributed by atoms with van der Waals surface area (Å²) < 4.78 is 14.7. The summed E-state index contributed by atoms with van der Waals surface area (Å²) in [6.07, 6.45) is 2.39. The van der Waals surface area contributed by atoms with Gasteiger partial charge >= 0.3 is 0 Å². The minimum atomic E-state index is -1.23. The van der Waals surface area contributed by atoms with E-state index in [1.807, 2.05) is 19.1 Å². The zero-order valence-electron chi connectivity index (χ0n) is 10.6. The number of aliphatic hydroxyl groups is 1. The molecule has 1 N–H and O–H groups in total. The van der Waals surface area contributed by atoms with Crippen molar-refractivity contribution in [3.05, 3.63) is 64.1 Å². The predicted octanol–water partition coefficient (Wildman–Crippen LogP) is 3.82. The van der Waals surface area contributed by atoms with Gasteiger partial charge in [0.25, 0.3) is 0 Å². The average molecular weight is 324 g/mol. The fraction of sp³-hybridized carbons (Fsp3) is 0.267. The van der Waals surface area contributed by atoms with Crippen LogP contribution in [-0.4, -0.2) is 10.1 Å². The lowest BCUT2D eigenvalue weighted by Crippen LogP contribution is -2.29. The molecule has 100 valence electrons. The zero-order chi connectivity index (χ0) is 13.9. The third kappa shape index (κ3) is 3.19. The van der Waals surface area contributed by atoms with Gasteiger partial charge in [0.2, 0.25) is 0 Å². The van der Waals surface area contributed by atoms with E-state index in [4.69, 9.17) is 0 Å². The topological polar surface area (TPSA) is 33.1 Å². The van der Waals surface area contributed by atoms with Crippen molar-refractivity contribution in [2.75, 3.05) is 0 Å². The molecule has 0 saturated carbocycles. The van der Waals surface area contributed by atoms with Gasteiger partial charge in [-0.25, -0.2) is 4.39 Å². The minimum absolute atomic E-state index is 0.289. The fourth-order valence-electron chi connectivity index (χ4n) is 2.06. The van der Waals surface area contributed by atoms with Crippen molar-refractivity contribution in [3.63, 3.8) is 0 Å². The van der Waals surface area contributed by atoms with E-state index >= 15 is 0 Å².